The van der Waals surface area contributed by atoms with Crippen molar-refractivity contribution >= 4 is 40.6 Å². The monoisotopic (exact) mass is 440 g/mol. The Morgan fingerprint density at radius 2 is 2.10 bits per heavy atom. The number of amides is 1. The number of thioether (sulfide) groups is 1. The smallest absolute Gasteiger partial charge is 0.234 e. The van der Waals surface area contributed by atoms with Crippen LogP contribution in [0.2, 0.25) is 0 Å². The molecule has 30 heavy (non-hydrogen) atoms. The Labute approximate surface area is 183 Å². The Balaban J connectivity index is 1.24. The lowest BCUT2D eigenvalue weighted by Crippen LogP contribution is -2.22. The third-order valence-corrected chi connectivity index (χ3v) is 7.06. The van der Waals surface area contributed by atoms with E-state index in [2.05, 4.69) is 30.0 Å². The summed E-state index contributed by atoms with van der Waals surface area (Å²) in [5.41, 5.74) is 2.73. The average molecular weight is 441 g/mol. The number of carbonyl (C=O) groups excluding carboxylic acids is 1. The van der Waals surface area contributed by atoms with Gasteiger partial charge in [-0.25, -0.2) is 4.98 Å². The first-order valence-electron chi connectivity index (χ1n) is 10.3. The van der Waals surface area contributed by atoms with Crippen molar-refractivity contribution in [2.75, 3.05) is 29.1 Å². The van der Waals surface area contributed by atoms with Crippen LogP contribution in [0, 0.1) is 6.92 Å². The molecule has 3 aromatic rings. The van der Waals surface area contributed by atoms with Gasteiger partial charge in [0.15, 0.2) is 5.16 Å². The number of aromatic nitrogens is 4. The number of nitrogens with one attached hydrogen (secondary N) is 1. The Morgan fingerprint density at radius 3 is 2.83 bits per heavy atom. The van der Waals surface area contributed by atoms with Crippen molar-refractivity contribution in [2.24, 2.45) is 0 Å². The van der Waals surface area contributed by atoms with E-state index in [1.54, 1.807) is 11.3 Å². The van der Waals surface area contributed by atoms with Crippen molar-refractivity contribution in [2.45, 2.75) is 43.8 Å². The summed E-state index contributed by atoms with van der Waals surface area (Å²) in [6.45, 7) is 4.09. The first-order chi connectivity index (χ1) is 14.7. The van der Waals surface area contributed by atoms with Gasteiger partial charge in [-0.2, -0.15) is 0 Å². The standard InChI is InChI=1S/C21H24N6OS2/c1-14-22-18(12-29-14)15-5-4-6-16(11-15)23-19(28)13-30-21-25-24-20(26-9-2-3-10-26)27(21)17-7-8-17/h4-6,11-12,17H,2-3,7-10,13H2,1H3,(H,23,28). The first-order valence-corrected chi connectivity index (χ1v) is 12.2. The molecule has 1 N–H and O–H groups in total. The molecule has 1 aliphatic heterocycles. The zero-order valence-electron chi connectivity index (χ0n) is 16.9. The van der Waals surface area contributed by atoms with Crippen LogP contribution in [-0.4, -0.2) is 44.5 Å². The lowest BCUT2D eigenvalue weighted by atomic mass is 10.1. The molecule has 2 aromatic heterocycles. The van der Waals surface area contributed by atoms with Gasteiger partial charge in [0.1, 0.15) is 0 Å². The molecule has 1 saturated heterocycles. The summed E-state index contributed by atoms with van der Waals surface area (Å²) in [6.07, 6.45) is 4.76. The zero-order valence-corrected chi connectivity index (χ0v) is 18.5. The number of carbonyl (C=O) groups is 1. The summed E-state index contributed by atoms with van der Waals surface area (Å²) in [4.78, 5) is 19.4. The van der Waals surface area contributed by atoms with E-state index in [0.29, 0.717) is 11.8 Å². The summed E-state index contributed by atoms with van der Waals surface area (Å²) in [5, 5.41) is 15.8. The fourth-order valence-corrected chi connectivity index (χ4v) is 5.15. The maximum Gasteiger partial charge on any atom is 0.234 e. The van der Waals surface area contributed by atoms with Crippen LogP contribution in [0.5, 0.6) is 0 Å². The number of thiazole rings is 1. The Morgan fingerprint density at radius 1 is 1.27 bits per heavy atom. The molecule has 3 heterocycles. The van der Waals surface area contributed by atoms with Crippen LogP contribution in [0.15, 0.2) is 34.8 Å². The van der Waals surface area contributed by atoms with Crippen molar-refractivity contribution in [3.8, 4) is 11.3 Å². The molecule has 1 amide bonds. The van der Waals surface area contributed by atoms with E-state index >= 15 is 0 Å². The maximum absolute atomic E-state index is 12.6. The Kier molecular flexibility index (Phi) is 5.47. The van der Waals surface area contributed by atoms with E-state index < -0.39 is 0 Å². The molecule has 0 spiro atoms. The van der Waals surface area contributed by atoms with Gasteiger partial charge in [-0.05, 0) is 44.7 Å². The SMILES string of the molecule is Cc1nc(-c2cccc(NC(=O)CSc3nnc(N4CCCC4)n3C3CC3)c2)cs1. The van der Waals surface area contributed by atoms with Crippen LogP contribution in [0.3, 0.4) is 0 Å². The van der Waals surface area contributed by atoms with Gasteiger partial charge in [0, 0.05) is 35.8 Å². The summed E-state index contributed by atoms with van der Waals surface area (Å²) >= 11 is 3.09. The topological polar surface area (TPSA) is 75.9 Å². The highest BCUT2D eigenvalue weighted by Crippen LogP contribution is 2.41. The molecule has 0 atom stereocenters. The largest absolute Gasteiger partial charge is 0.341 e. The molecule has 2 aliphatic rings. The second-order valence-electron chi connectivity index (χ2n) is 7.75. The first kappa shape index (κ1) is 19.6. The molecule has 7 nitrogen and oxygen atoms in total. The van der Waals surface area contributed by atoms with Gasteiger partial charge in [0.2, 0.25) is 11.9 Å². The van der Waals surface area contributed by atoms with E-state index in [1.165, 1.54) is 37.4 Å². The quantitative estimate of drug-likeness (QED) is 0.550. The summed E-state index contributed by atoms with van der Waals surface area (Å²) in [6, 6.07) is 8.31. The molecular formula is C21H24N6OS2. The van der Waals surface area contributed by atoms with Crippen molar-refractivity contribution in [1.82, 2.24) is 19.7 Å². The number of benzene rings is 1. The predicted molar refractivity (Wildman–Crippen MR) is 121 cm³/mol. The van der Waals surface area contributed by atoms with Gasteiger partial charge in [0.25, 0.3) is 0 Å². The molecule has 0 radical (unpaired) electrons. The van der Waals surface area contributed by atoms with Crippen LogP contribution < -0.4 is 10.2 Å². The van der Waals surface area contributed by atoms with E-state index in [9.17, 15) is 4.79 Å². The predicted octanol–water partition coefficient (Wildman–Crippen LogP) is 4.38. The van der Waals surface area contributed by atoms with Gasteiger partial charge in [-0.1, -0.05) is 23.9 Å². The second kappa shape index (κ2) is 8.39. The fraction of sp³-hybridized carbons (Fsp3) is 0.429. The number of nitrogens with zero attached hydrogens (tertiary/aromatic N) is 5. The minimum Gasteiger partial charge on any atom is -0.341 e. The van der Waals surface area contributed by atoms with Crippen LogP contribution >= 0.6 is 23.1 Å². The number of rotatable bonds is 7. The average Bonchev–Trinajstić information content (AvgIpc) is 3.12. The van der Waals surface area contributed by atoms with Crippen LogP contribution in [-0.2, 0) is 4.79 Å². The van der Waals surface area contributed by atoms with Gasteiger partial charge < -0.3 is 10.2 Å². The van der Waals surface area contributed by atoms with E-state index in [0.717, 1.165) is 46.1 Å². The Bertz CT molecular complexity index is 1050. The van der Waals surface area contributed by atoms with Crippen molar-refractivity contribution in [1.29, 1.82) is 0 Å². The number of hydrogen-bond acceptors (Lipinski definition) is 7. The molecule has 1 saturated carbocycles. The third kappa shape index (κ3) is 4.22. The molecule has 2 fully saturated rings. The molecule has 5 rings (SSSR count). The molecule has 0 unspecified atom stereocenters. The molecule has 9 heteroatoms. The molecular weight excluding hydrogens is 416 g/mol. The number of aryl methyl sites for hydroxylation is 1. The second-order valence-corrected chi connectivity index (χ2v) is 9.75. The van der Waals surface area contributed by atoms with E-state index in [1.807, 2.05) is 36.6 Å². The van der Waals surface area contributed by atoms with Crippen molar-refractivity contribution in [3.63, 3.8) is 0 Å². The van der Waals surface area contributed by atoms with Crippen LogP contribution in [0.25, 0.3) is 11.3 Å². The van der Waals surface area contributed by atoms with Gasteiger partial charge in [0.05, 0.1) is 16.5 Å². The molecule has 156 valence electrons. The van der Waals surface area contributed by atoms with E-state index in [-0.39, 0.29) is 5.91 Å². The summed E-state index contributed by atoms with van der Waals surface area (Å²) < 4.78 is 2.24. The minimum absolute atomic E-state index is 0.0420. The van der Waals surface area contributed by atoms with Gasteiger partial charge in [-0.15, -0.1) is 21.5 Å². The number of hydrogen-bond donors (Lipinski definition) is 1. The Hall–Kier alpha value is -2.39. The van der Waals surface area contributed by atoms with E-state index in [4.69, 9.17) is 0 Å². The normalized spacial score (nSPS) is 16.2. The van der Waals surface area contributed by atoms with Crippen molar-refractivity contribution < 1.29 is 4.79 Å². The highest BCUT2D eigenvalue weighted by atomic mass is 32.2. The molecule has 1 aromatic carbocycles. The maximum atomic E-state index is 12.6. The van der Waals surface area contributed by atoms with Gasteiger partial charge >= 0.3 is 0 Å². The summed E-state index contributed by atoms with van der Waals surface area (Å²) in [5.74, 6) is 1.24. The number of anilines is 2. The molecule has 1 aliphatic carbocycles. The van der Waals surface area contributed by atoms with Crippen LogP contribution in [0.1, 0.15) is 36.7 Å². The highest BCUT2D eigenvalue weighted by molar-refractivity contribution is 7.99. The lowest BCUT2D eigenvalue weighted by Gasteiger charge is -2.17. The lowest BCUT2D eigenvalue weighted by molar-refractivity contribution is -0.113. The summed E-state index contributed by atoms with van der Waals surface area (Å²) in [7, 11) is 0. The fourth-order valence-electron chi connectivity index (χ4n) is 3.73. The zero-order chi connectivity index (χ0) is 20.5. The van der Waals surface area contributed by atoms with Crippen LogP contribution in [0.4, 0.5) is 11.6 Å². The molecule has 0 bridgehead atoms. The minimum atomic E-state index is -0.0420. The van der Waals surface area contributed by atoms with Gasteiger partial charge in [-0.3, -0.25) is 9.36 Å². The third-order valence-electron chi connectivity index (χ3n) is 5.34. The van der Waals surface area contributed by atoms with Crippen molar-refractivity contribution in [3.05, 3.63) is 34.7 Å². The highest BCUT2D eigenvalue weighted by Gasteiger charge is 2.32.